The maximum atomic E-state index is 14.0. The summed E-state index contributed by atoms with van der Waals surface area (Å²) in [6, 6.07) is 1.63. The molecule has 1 unspecified atom stereocenters. The fourth-order valence-corrected chi connectivity index (χ4v) is 5.74. The molecular weight excluding hydrogens is 447 g/mol. The smallest absolute Gasteiger partial charge is 0.411 e. The largest absolute Gasteiger partial charge is 0.444 e. The van der Waals surface area contributed by atoms with Gasteiger partial charge in [0.15, 0.2) is 11.6 Å². The lowest BCUT2D eigenvalue weighted by molar-refractivity contribution is -0.126. The van der Waals surface area contributed by atoms with Gasteiger partial charge in [-0.2, -0.15) is 5.26 Å². The van der Waals surface area contributed by atoms with E-state index in [2.05, 4.69) is 22.0 Å². The molecule has 1 aliphatic heterocycles. The summed E-state index contributed by atoms with van der Waals surface area (Å²) < 4.78 is 19.9. The number of amides is 1. The average molecular weight is 471 g/mol. The van der Waals surface area contributed by atoms with E-state index in [9.17, 15) is 19.2 Å². The third kappa shape index (κ3) is 4.41. The van der Waals surface area contributed by atoms with E-state index in [1.54, 1.807) is 31.1 Å². The summed E-state index contributed by atoms with van der Waals surface area (Å²) in [5.41, 5.74) is -0.633. The van der Waals surface area contributed by atoms with Gasteiger partial charge in [0.25, 0.3) is 0 Å². The van der Waals surface area contributed by atoms with Gasteiger partial charge in [-0.1, -0.05) is 0 Å². The molecule has 3 rings (SSSR count). The number of ether oxygens (including phenoxy) is 1. The van der Waals surface area contributed by atoms with E-state index in [4.69, 9.17) is 4.74 Å². The summed E-state index contributed by atoms with van der Waals surface area (Å²) in [5, 5.41) is 11.1. The summed E-state index contributed by atoms with van der Waals surface area (Å²) in [6.45, 7) is 5.40. The first-order valence-corrected chi connectivity index (χ1v) is 11.1. The van der Waals surface area contributed by atoms with Crippen molar-refractivity contribution in [2.24, 2.45) is 11.8 Å². The van der Waals surface area contributed by atoms with Gasteiger partial charge in [0.05, 0.1) is 22.5 Å². The van der Waals surface area contributed by atoms with Crippen LogP contribution in [-0.2, 0) is 16.0 Å². The molecule has 1 amide bonds. The van der Waals surface area contributed by atoms with Crippen molar-refractivity contribution in [3.63, 3.8) is 0 Å². The van der Waals surface area contributed by atoms with Gasteiger partial charge in [0.2, 0.25) is 0 Å². The van der Waals surface area contributed by atoms with E-state index < -0.39 is 23.7 Å². The number of piperidine rings is 1. The molecule has 8 heteroatoms. The first-order chi connectivity index (χ1) is 13.1. The number of fused-ring (bicyclic) bond motifs is 2. The highest BCUT2D eigenvalue weighted by Crippen LogP contribution is 2.44. The van der Waals surface area contributed by atoms with Crippen LogP contribution in [0.5, 0.6) is 0 Å². The zero-order valence-electron chi connectivity index (χ0n) is 16.2. The molecule has 152 valence electrons. The molecule has 1 saturated heterocycles. The van der Waals surface area contributed by atoms with E-state index in [1.807, 2.05) is 0 Å². The third-order valence-electron chi connectivity index (χ3n) is 5.34. The second-order valence-electron chi connectivity index (χ2n) is 8.58. The number of ketones is 1. The first-order valence-electron chi connectivity index (χ1n) is 9.45. The molecule has 28 heavy (non-hydrogen) atoms. The van der Waals surface area contributed by atoms with Gasteiger partial charge in [-0.15, -0.1) is 11.3 Å². The fraction of sp³-hybridized carbons (Fsp3) is 0.650. The van der Waals surface area contributed by atoms with Crippen LogP contribution < -0.4 is 0 Å². The van der Waals surface area contributed by atoms with E-state index >= 15 is 0 Å². The molecule has 2 fully saturated rings. The second-order valence-corrected chi connectivity index (χ2v) is 10.4. The average Bonchev–Trinajstić information content (AvgIpc) is 3.30. The SMILES string of the molecule is CC(C)(C)OC(=O)N1[C@@H]2CC[C@@H](C2)[C@H]1C(=O)CC(C#N)Cc1scc(Br)c1F. The van der Waals surface area contributed by atoms with Crippen LogP contribution in [0.1, 0.15) is 51.3 Å². The molecular formula is C20H24BrFN2O3S. The number of Topliss-reactive ketones (excluding diaryl/α,β-unsaturated/α-hetero) is 1. The Morgan fingerprint density at radius 2 is 2.18 bits per heavy atom. The number of carbonyl (C=O) groups excluding carboxylic acids is 2. The van der Waals surface area contributed by atoms with Crippen LogP contribution in [0.3, 0.4) is 0 Å². The summed E-state index contributed by atoms with van der Waals surface area (Å²) in [4.78, 5) is 27.8. The van der Waals surface area contributed by atoms with Crippen molar-refractivity contribution >= 4 is 39.1 Å². The summed E-state index contributed by atoms with van der Waals surface area (Å²) >= 11 is 4.36. The molecule has 5 nitrogen and oxygen atoms in total. The van der Waals surface area contributed by atoms with Crippen LogP contribution in [0.4, 0.5) is 9.18 Å². The molecule has 1 aromatic heterocycles. The van der Waals surface area contributed by atoms with Crippen molar-refractivity contribution in [3.8, 4) is 6.07 Å². The number of nitrogens with zero attached hydrogens (tertiary/aromatic N) is 2. The monoisotopic (exact) mass is 470 g/mol. The molecule has 0 spiro atoms. The van der Waals surface area contributed by atoms with Gasteiger partial charge in [-0.25, -0.2) is 9.18 Å². The molecule has 1 saturated carbocycles. The van der Waals surface area contributed by atoms with Gasteiger partial charge in [0, 0.05) is 29.1 Å². The summed E-state index contributed by atoms with van der Waals surface area (Å²) in [6.07, 6.45) is 2.34. The van der Waals surface area contributed by atoms with Crippen molar-refractivity contribution < 1.29 is 18.7 Å². The predicted molar refractivity (Wildman–Crippen MR) is 107 cm³/mol. The molecule has 1 aliphatic carbocycles. The zero-order valence-corrected chi connectivity index (χ0v) is 18.6. The number of halogens is 2. The Morgan fingerprint density at radius 3 is 2.75 bits per heavy atom. The van der Waals surface area contributed by atoms with E-state index in [1.165, 1.54) is 11.3 Å². The third-order valence-corrected chi connectivity index (χ3v) is 7.20. The predicted octanol–water partition coefficient (Wildman–Crippen LogP) is 5.08. The number of nitriles is 1. The molecule has 2 bridgehead atoms. The molecule has 0 radical (unpaired) electrons. The van der Waals surface area contributed by atoms with Gasteiger partial charge in [0.1, 0.15) is 5.60 Å². The minimum atomic E-state index is -0.633. The van der Waals surface area contributed by atoms with Crippen molar-refractivity contribution in [2.75, 3.05) is 0 Å². The van der Waals surface area contributed by atoms with Crippen molar-refractivity contribution in [3.05, 3.63) is 20.5 Å². The molecule has 1 aromatic rings. The van der Waals surface area contributed by atoms with Crippen LogP contribution in [0.2, 0.25) is 0 Å². The number of likely N-dealkylation sites (tertiary alicyclic amines) is 1. The molecule has 2 aliphatic rings. The number of thiophene rings is 1. The lowest BCUT2D eigenvalue weighted by Crippen LogP contribution is -2.51. The van der Waals surface area contributed by atoms with Crippen molar-refractivity contribution in [2.45, 2.75) is 70.6 Å². The van der Waals surface area contributed by atoms with Gasteiger partial charge in [-0.05, 0) is 61.9 Å². The minimum absolute atomic E-state index is 0.0125. The van der Waals surface area contributed by atoms with Gasteiger partial charge in [-0.3, -0.25) is 9.69 Å². The number of hydrogen-bond acceptors (Lipinski definition) is 5. The Labute approximate surface area is 177 Å². The molecule has 0 aromatic carbocycles. The van der Waals surface area contributed by atoms with Crippen LogP contribution in [0, 0.1) is 29.0 Å². The maximum absolute atomic E-state index is 14.0. The number of hydrogen-bond donors (Lipinski definition) is 0. The van der Waals surface area contributed by atoms with Crippen LogP contribution in [0.25, 0.3) is 0 Å². The quantitative estimate of drug-likeness (QED) is 0.601. The van der Waals surface area contributed by atoms with Crippen LogP contribution in [0.15, 0.2) is 9.85 Å². The Morgan fingerprint density at radius 1 is 1.46 bits per heavy atom. The Balaban J connectivity index is 1.71. The highest BCUT2D eigenvalue weighted by atomic mass is 79.9. The van der Waals surface area contributed by atoms with Gasteiger partial charge < -0.3 is 4.74 Å². The molecule has 4 atom stereocenters. The first kappa shape index (κ1) is 21.3. The second kappa shape index (κ2) is 8.11. The Bertz CT molecular complexity index is 813. The van der Waals surface area contributed by atoms with Crippen LogP contribution in [-0.4, -0.2) is 34.5 Å². The topological polar surface area (TPSA) is 70.4 Å². The Hall–Kier alpha value is -1.46. The summed E-state index contributed by atoms with van der Waals surface area (Å²) in [5.74, 6) is -0.988. The van der Waals surface area contributed by atoms with Crippen molar-refractivity contribution in [1.29, 1.82) is 5.26 Å². The van der Waals surface area contributed by atoms with Crippen LogP contribution >= 0.6 is 27.3 Å². The highest BCUT2D eigenvalue weighted by molar-refractivity contribution is 9.10. The van der Waals surface area contributed by atoms with E-state index in [-0.39, 0.29) is 36.4 Å². The minimum Gasteiger partial charge on any atom is -0.444 e. The van der Waals surface area contributed by atoms with E-state index in [0.29, 0.717) is 9.35 Å². The maximum Gasteiger partial charge on any atom is 0.411 e. The van der Waals surface area contributed by atoms with Gasteiger partial charge >= 0.3 is 6.09 Å². The number of rotatable bonds is 5. The molecule has 0 N–H and O–H groups in total. The molecule has 2 heterocycles. The normalized spacial score (nSPS) is 24.9. The lowest BCUT2D eigenvalue weighted by Gasteiger charge is -2.35. The Kier molecular flexibility index (Phi) is 6.16. The summed E-state index contributed by atoms with van der Waals surface area (Å²) in [7, 11) is 0. The standard InChI is InChI=1S/C20H24BrFN2O3S/c1-20(2,3)27-19(26)24-13-5-4-12(8-13)18(24)15(25)6-11(9-23)7-16-17(22)14(21)10-28-16/h10-13,18H,4-8H2,1-3H3/t11?,12-,13+,18-/m0/s1. The van der Waals surface area contributed by atoms with Crippen molar-refractivity contribution in [1.82, 2.24) is 4.90 Å². The van der Waals surface area contributed by atoms with E-state index in [0.717, 1.165) is 19.3 Å². The fourth-order valence-electron chi connectivity index (χ4n) is 4.23. The zero-order chi connectivity index (χ0) is 20.6. The number of carbonyl (C=O) groups is 2. The lowest BCUT2D eigenvalue weighted by atomic mass is 9.89. The highest BCUT2D eigenvalue weighted by Gasteiger charge is 2.52.